The number of amides is 4. The smallest absolute Gasteiger partial charge is 0.270 e. The monoisotopic (exact) mass is 674 g/mol. The molecule has 49 heavy (non-hydrogen) atoms. The van der Waals surface area contributed by atoms with E-state index in [1.807, 2.05) is 30.1 Å². The summed E-state index contributed by atoms with van der Waals surface area (Å²) in [5, 5.41) is 3.33. The molecule has 3 atom stereocenters. The van der Waals surface area contributed by atoms with Crippen LogP contribution in [-0.2, 0) is 33.3 Å². The van der Waals surface area contributed by atoms with Crippen molar-refractivity contribution in [3.05, 3.63) is 70.9 Å². The van der Waals surface area contributed by atoms with E-state index in [-0.39, 0.29) is 47.5 Å². The van der Waals surface area contributed by atoms with Crippen LogP contribution in [0.3, 0.4) is 0 Å². The fraction of sp³-hybridized carbons (Fsp3) is 0.514. The quantitative estimate of drug-likeness (QED) is 0.427. The number of benzene rings is 2. The van der Waals surface area contributed by atoms with Crippen molar-refractivity contribution in [3.8, 4) is 0 Å². The van der Waals surface area contributed by atoms with Crippen molar-refractivity contribution >= 4 is 34.5 Å². The zero-order valence-electron chi connectivity index (χ0n) is 28.1. The average Bonchev–Trinajstić information content (AvgIpc) is 3.72. The number of hydrogen-bond acceptors (Lipinski definition) is 5. The summed E-state index contributed by atoms with van der Waals surface area (Å²) in [6, 6.07) is 11.8. The number of fused-ring (bicyclic) bond motifs is 3. The first-order chi connectivity index (χ1) is 23.5. The van der Waals surface area contributed by atoms with E-state index in [4.69, 9.17) is 0 Å². The highest BCUT2D eigenvalue weighted by atomic mass is 19.3. The van der Waals surface area contributed by atoms with Gasteiger partial charge in [-0.2, -0.15) is 0 Å². The Morgan fingerprint density at radius 3 is 2.39 bits per heavy atom. The van der Waals surface area contributed by atoms with Crippen LogP contribution < -0.4 is 5.32 Å². The van der Waals surface area contributed by atoms with Gasteiger partial charge in [-0.05, 0) is 88.0 Å². The summed E-state index contributed by atoms with van der Waals surface area (Å²) in [6.45, 7) is 3.93. The van der Waals surface area contributed by atoms with E-state index >= 15 is 0 Å². The topological polar surface area (TPSA) is 109 Å². The summed E-state index contributed by atoms with van der Waals surface area (Å²) < 4.78 is 28.0. The number of likely N-dealkylation sites (tertiary alicyclic amines) is 1. The molecular weight excluding hydrogens is 630 g/mol. The molecule has 1 aromatic heterocycles. The van der Waals surface area contributed by atoms with Gasteiger partial charge in [-0.15, -0.1) is 0 Å². The summed E-state index contributed by atoms with van der Waals surface area (Å²) in [5.41, 5.74) is 2.79. The van der Waals surface area contributed by atoms with Gasteiger partial charge >= 0.3 is 0 Å². The Bertz CT molecular complexity index is 1760. The molecule has 10 nitrogen and oxygen atoms in total. The second kappa shape index (κ2) is 13.2. The van der Waals surface area contributed by atoms with Crippen LogP contribution in [0.25, 0.3) is 10.9 Å². The SMILES string of the molecule is CN1CCC(C(=O)N2CC[C@H]3CC[C@@H](C(=O)N4CCc5ccccc5C4)N3C(=O)[C@@H](NC(=O)c3cc4cc(C(C)(F)F)ccc4[nH]3)C2)CC1. The maximum absolute atomic E-state index is 14.6. The van der Waals surface area contributed by atoms with Crippen LogP contribution in [0, 0.1) is 5.92 Å². The number of nitrogens with zero attached hydrogens (tertiary/aromatic N) is 4. The van der Waals surface area contributed by atoms with Crippen LogP contribution in [0.4, 0.5) is 8.78 Å². The number of piperidine rings is 1. The second-order valence-electron chi connectivity index (χ2n) is 14.3. The van der Waals surface area contributed by atoms with Gasteiger partial charge in [-0.1, -0.05) is 30.3 Å². The van der Waals surface area contributed by atoms with Gasteiger partial charge < -0.3 is 29.9 Å². The number of aromatic amines is 1. The van der Waals surface area contributed by atoms with Crippen molar-refractivity contribution in [1.29, 1.82) is 0 Å². The summed E-state index contributed by atoms with van der Waals surface area (Å²) in [4.78, 5) is 66.7. The molecule has 4 aliphatic rings. The molecule has 7 rings (SSSR count). The first-order valence-electron chi connectivity index (χ1n) is 17.4. The number of alkyl halides is 2. The Morgan fingerprint density at radius 2 is 1.63 bits per heavy atom. The number of nitrogens with one attached hydrogen (secondary N) is 2. The second-order valence-corrected chi connectivity index (χ2v) is 14.3. The summed E-state index contributed by atoms with van der Waals surface area (Å²) in [6.07, 6.45) is 3.93. The Balaban J connectivity index is 1.15. The lowest BCUT2D eigenvalue weighted by Gasteiger charge is -2.41. The zero-order chi connectivity index (χ0) is 34.4. The molecule has 0 radical (unpaired) electrons. The Hall–Kier alpha value is -4.32. The summed E-state index contributed by atoms with van der Waals surface area (Å²) in [7, 11) is 2.04. The molecule has 3 saturated heterocycles. The van der Waals surface area contributed by atoms with Crippen molar-refractivity contribution in [2.75, 3.05) is 39.8 Å². The number of H-pyrrole nitrogens is 1. The van der Waals surface area contributed by atoms with Gasteiger partial charge in [0.2, 0.25) is 17.7 Å². The van der Waals surface area contributed by atoms with E-state index in [1.54, 1.807) is 9.80 Å². The van der Waals surface area contributed by atoms with Gasteiger partial charge in [-0.25, -0.2) is 8.78 Å². The molecule has 0 spiro atoms. The molecule has 12 heteroatoms. The highest BCUT2D eigenvalue weighted by Crippen LogP contribution is 2.33. The third-order valence-electron chi connectivity index (χ3n) is 11.0. The molecule has 0 aliphatic carbocycles. The maximum Gasteiger partial charge on any atom is 0.270 e. The molecule has 5 heterocycles. The van der Waals surface area contributed by atoms with E-state index in [9.17, 15) is 28.0 Å². The lowest BCUT2D eigenvalue weighted by molar-refractivity contribution is -0.150. The van der Waals surface area contributed by atoms with Crippen molar-refractivity contribution in [2.45, 2.75) is 76.0 Å². The van der Waals surface area contributed by atoms with Crippen LogP contribution >= 0.6 is 0 Å². The normalized spacial score (nSPS) is 24.0. The molecular formula is C37H44F2N6O4. The van der Waals surface area contributed by atoms with Crippen molar-refractivity contribution in [3.63, 3.8) is 0 Å². The van der Waals surface area contributed by atoms with E-state index in [2.05, 4.69) is 21.3 Å². The first-order valence-corrected chi connectivity index (χ1v) is 17.4. The van der Waals surface area contributed by atoms with Gasteiger partial charge in [0.15, 0.2) is 0 Å². The van der Waals surface area contributed by atoms with E-state index < -0.39 is 23.9 Å². The maximum atomic E-state index is 14.6. The fourth-order valence-corrected chi connectivity index (χ4v) is 8.10. The van der Waals surface area contributed by atoms with Gasteiger partial charge in [0.05, 0.1) is 0 Å². The average molecular weight is 675 g/mol. The van der Waals surface area contributed by atoms with E-state index in [0.29, 0.717) is 49.8 Å². The van der Waals surface area contributed by atoms with E-state index in [1.165, 1.54) is 29.8 Å². The Morgan fingerprint density at radius 1 is 0.878 bits per heavy atom. The number of aromatic nitrogens is 1. The van der Waals surface area contributed by atoms with Crippen LogP contribution in [0.1, 0.15) is 66.2 Å². The number of halogens is 2. The molecule has 0 saturated carbocycles. The molecule has 2 N–H and O–H groups in total. The molecule has 0 unspecified atom stereocenters. The molecule has 3 aromatic rings. The van der Waals surface area contributed by atoms with Gasteiger partial charge in [0.1, 0.15) is 17.8 Å². The first kappa shape index (κ1) is 33.2. The van der Waals surface area contributed by atoms with Crippen LogP contribution in [0.5, 0.6) is 0 Å². The number of rotatable bonds is 5. The Labute approximate surface area is 284 Å². The van der Waals surface area contributed by atoms with Crippen molar-refractivity contribution in [2.24, 2.45) is 5.92 Å². The Kier molecular flexibility index (Phi) is 8.93. The lowest BCUT2D eigenvalue weighted by Crippen LogP contribution is -2.62. The standard InChI is InChI=1S/C37H44F2N6O4/c1-37(38,39)27-7-9-29-26(19-27)20-30(40-29)33(46)41-31-22-44(34(47)24-11-15-42(2)16-12-24)18-14-28-8-10-32(45(28)35(31)48)36(49)43-17-13-23-5-3-4-6-25(23)21-43/h3-7,9,19-20,24,28,31-32,40H,8,10-18,21-22H2,1-2H3,(H,41,46)/t28-,31+,32+/m1/s1. The minimum atomic E-state index is -3.04. The van der Waals surface area contributed by atoms with Crippen molar-refractivity contribution < 1.29 is 28.0 Å². The number of hydrogen-bond donors (Lipinski definition) is 2. The summed E-state index contributed by atoms with van der Waals surface area (Å²) in [5.74, 6) is -4.26. The third kappa shape index (κ3) is 6.67. The largest absolute Gasteiger partial charge is 0.351 e. The fourth-order valence-electron chi connectivity index (χ4n) is 8.10. The zero-order valence-corrected chi connectivity index (χ0v) is 28.1. The minimum Gasteiger partial charge on any atom is -0.351 e. The van der Waals surface area contributed by atoms with E-state index in [0.717, 1.165) is 44.8 Å². The molecule has 0 bridgehead atoms. The van der Waals surface area contributed by atoms with Gasteiger partial charge in [-0.3, -0.25) is 19.2 Å². The molecule has 260 valence electrons. The number of carbonyl (C=O) groups is 4. The van der Waals surface area contributed by atoms with Gasteiger partial charge in [0.25, 0.3) is 11.8 Å². The molecule has 4 amide bonds. The molecule has 2 aromatic carbocycles. The van der Waals surface area contributed by atoms with Crippen LogP contribution in [-0.4, -0.2) is 106 Å². The van der Waals surface area contributed by atoms with Crippen LogP contribution in [0.15, 0.2) is 48.5 Å². The highest BCUT2D eigenvalue weighted by molar-refractivity contribution is 6.01. The lowest BCUT2D eigenvalue weighted by atomic mass is 9.94. The number of carbonyl (C=O) groups excluding carboxylic acids is 4. The third-order valence-corrected chi connectivity index (χ3v) is 11.0. The highest BCUT2D eigenvalue weighted by Gasteiger charge is 2.47. The summed E-state index contributed by atoms with van der Waals surface area (Å²) >= 11 is 0. The minimum absolute atomic E-state index is 0.00941. The van der Waals surface area contributed by atoms with Crippen LogP contribution in [0.2, 0.25) is 0 Å². The predicted octanol–water partition coefficient (Wildman–Crippen LogP) is 3.90. The molecule has 4 aliphatic heterocycles. The van der Waals surface area contributed by atoms with Crippen molar-refractivity contribution in [1.82, 2.24) is 29.9 Å². The van der Waals surface area contributed by atoms with Gasteiger partial charge in [0, 0.05) is 61.5 Å². The molecule has 3 fully saturated rings. The predicted molar refractivity (Wildman–Crippen MR) is 180 cm³/mol.